The van der Waals surface area contributed by atoms with Crippen LogP contribution in [0.15, 0.2) is 169 Å². The number of rotatable bonds is 50. The van der Waals surface area contributed by atoms with Crippen molar-refractivity contribution in [1.29, 1.82) is 0 Å². The maximum atomic E-state index is 15.4. The van der Waals surface area contributed by atoms with Gasteiger partial charge in [0, 0.05) is 70.2 Å². The third-order valence-electron chi connectivity index (χ3n) is 22.6. The quantitative estimate of drug-likeness (QED) is 0.0192. The van der Waals surface area contributed by atoms with E-state index in [1.165, 1.54) is 100 Å². The van der Waals surface area contributed by atoms with Crippen molar-refractivity contribution in [2.45, 2.75) is 190 Å². The summed E-state index contributed by atoms with van der Waals surface area (Å²) in [7, 11) is 5.78. The number of amides is 13. The van der Waals surface area contributed by atoms with Gasteiger partial charge in [0.15, 0.2) is 0 Å². The topological polar surface area (TPSA) is 484 Å². The number of phenolic OH excluding ortho intramolecular Hbond substituents is 2. The molecule has 0 spiro atoms. The molecular formula is C94H123N15O18S2. The lowest BCUT2D eigenvalue weighted by atomic mass is 9.99. The number of carbonyl (C=O) groups is 14. The number of fused-ring (bicyclic) bond motifs is 1. The van der Waals surface area contributed by atoms with Gasteiger partial charge in [0.25, 0.3) is 0 Å². The van der Waals surface area contributed by atoms with E-state index in [-0.39, 0.29) is 93.4 Å². The normalized spacial score (nSPS) is 15.3. The summed E-state index contributed by atoms with van der Waals surface area (Å²) in [4.78, 5) is 207. The number of aliphatic hydroxyl groups is 2. The van der Waals surface area contributed by atoms with E-state index in [0.29, 0.717) is 53.4 Å². The van der Waals surface area contributed by atoms with Crippen LogP contribution in [0.1, 0.15) is 107 Å². The molecule has 6 aromatic carbocycles. The first-order valence-electron chi connectivity index (χ1n) is 43.3. The van der Waals surface area contributed by atoms with Gasteiger partial charge in [-0.1, -0.05) is 181 Å². The Kier molecular flexibility index (Phi) is 40.1. The van der Waals surface area contributed by atoms with Gasteiger partial charge < -0.3 is 98.8 Å². The Labute approximate surface area is 760 Å². The molecule has 1 aliphatic heterocycles. The molecule has 1 aliphatic rings. The Bertz CT molecular complexity index is 4920. The van der Waals surface area contributed by atoms with Crippen LogP contribution in [0.4, 0.5) is 0 Å². The van der Waals surface area contributed by atoms with Gasteiger partial charge in [0.1, 0.15) is 84.4 Å². The lowest BCUT2D eigenvalue weighted by Crippen LogP contribution is -2.60. The first kappa shape index (κ1) is 102. The van der Waals surface area contributed by atoms with Crippen LogP contribution in [-0.4, -0.2) is 273 Å². The van der Waals surface area contributed by atoms with Crippen LogP contribution in [0.5, 0.6) is 11.5 Å². The number of carbonyl (C=O) groups excluding carboxylic acids is 14. The highest BCUT2D eigenvalue weighted by atomic mass is 32.2. The van der Waals surface area contributed by atoms with Gasteiger partial charge in [-0.05, 0) is 125 Å². The van der Waals surface area contributed by atoms with E-state index in [0.717, 1.165) is 27.4 Å². The zero-order valence-corrected chi connectivity index (χ0v) is 76.0. The number of benzene rings is 6. The SMILES string of the molecule is CCCC[C@@H](C(=O)N1CCC[C@@H]1C(=O)N[C@H](C=O)CO)N(C)C(=O)[C@H](Cc1ccccc1)N(C)C(=O)[C@H](Cc1ccccc1)NC(=O)CSC[C@H](NC(=O)[C@H](CC(C)C)NC(=O)[C@H](Cc1ccc(O)cc1)NC(=O)[C@H](Cc1csc2ccccc12)NC(=O)CN(C)C(O)[C@H](Cc1ccc(O)cc1)NC(=O)[C@H](Cc1ccccc1)N(C)C(=O)[C@@H](N)C(C)C)C(=O)NCC(N)=O. The molecule has 35 heteroatoms. The predicted molar refractivity (Wildman–Crippen MR) is 491 cm³/mol. The number of likely N-dealkylation sites (tertiary alicyclic amines) is 1. The number of hydrogen-bond donors (Lipinski definition) is 14. The number of thiophene rings is 1. The van der Waals surface area contributed by atoms with Crippen LogP contribution in [0.3, 0.4) is 0 Å². The lowest BCUT2D eigenvalue weighted by Gasteiger charge is -2.38. The van der Waals surface area contributed by atoms with Crippen molar-refractivity contribution in [2.75, 3.05) is 65.9 Å². The summed E-state index contributed by atoms with van der Waals surface area (Å²) in [5, 5.41) is 67.1. The molecule has 1 unspecified atom stereocenters. The third kappa shape index (κ3) is 30.8. The Morgan fingerprint density at radius 2 is 1.05 bits per heavy atom. The summed E-state index contributed by atoms with van der Waals surface area (Å²) < 4.78 is 0.857. The fourth-order valence-electron chi connectivity index (χ4n) is 15.2. The van der Waals surface area contributed by atoms with Crippen molar-refractivity contribution in [3.05, 3.63) is 203 Å². The number of aliphatic hydroxyl groups excluding tert-OH is 2. The van der Waals surface area contributed by atoms with E-state index in [2.05, 4.69) is 42.5 Å². The number of thioether (sulfide) groups is 1. The Hall–Kier alpha value is -12.2. The fourth-order valence-corrected chi connectivity index (χ4v) is 17.1. The molecule has 13 amide bonds. The number of primary amides is 1. The molecule has 8 rings (SSSR count). The maximum Gasteiger partial charge on any atom is 0.246 e. The summed E-state index contributed by atoms with van der Waals surface area (Å²) in [6.07, 6.45) is 0.156. The molecule has 129 heavy (non-hydrogen) atoms. The molecule has 1 saturated heterocycles. The van der Waals surface area contributed by atoms with E-state index >= 15 is 19.2 Å². The molecule has 2 heterocycles. The van der Waals surface area contributed by atoms with E-state index in [4.69, 9.17) is 11.5 Å². The largest absolute Gasteiger partial charge is 0.508 e. The molecular weight excluding hydrogens is 1690 g/mol. The first-order chi connectivity index (χ1) is 61.6. The summed E-state index contributed by atoms with van der Waals surface area (Å²) in [5.74, 6) is -11.3. The second kappa shape index (κ2) is 50.6. The number of aldehydes is 1. The zero-order chi connectivity index (χ0) is 94.1. The standard InChI is InChI=1S/C94H123N15O18S2/c1-10-11-31-76(93(126)109-42-23-32-75(109)88(121)98-65(52-110)53-111)106(7)92(125)78(48-61-28-19-14-20-29-61)108(9)91(124)73(45-59-24-15-12-16-25-59)100-82(116)56-128-55-74(84(117)97-50-80(95)114)104-85(118)69(43-57(2)3)101-86(119)70(44-62-34-38-66(112)39-35-62)102-87(120)71(49-64-54-129-79-33-22-21-30-68(64)79)99-81(115)51-105(6)90(123)72(46-63-36-40-67(113)41-37-63)103-89(122)77(47-60-26-17-13-18-27-60)107(8)94(127)83(96)58(4)5/h12-22,24-30,33-41,52,54,57-58,65,69-78,83,90,111-113,123H,10-11,23,31-32,42-51,53,55-56,96H2,1-9H3,(H2,95,114)(H,97,117)(H,98,121)(H,99,115)(H,100,116)(H,101,119)(H,102,120)(H,103,122)(H,104,118)/t65-,69+,70+,71+,72+,73+,74+,75-,76+,77+,78+,83+,90?/m1/s1. The number of unbranched alkanes of at least 4 members (excludes halogenated alkanes) is 1. The monoisotopic (exact) mass is 1810 g/mol. The average molecular weight is 1820 g/mol. The number of nitrogens with two attached hydrogens (primary N) is 2. The van der Waals surface area contributed by atoms with E-state index in [9.17, 15) is 68.4 Å². The van der Waals surface area contributed by atoms with E-state index < -0.39 is 181 Å². The lowest BCUT2D eigenvalue weighted by molar-refractivity contribution is -0.152. The molecule has 694 valence electrons. The van der Waals surface area contributed by atoms with Gasteiger partial charge in [-0.3, -0.25) is 67.2 Å². The minimum absolute atomic E-state index is 0.0438. The Morgan fingerprint density at radius 1 is 0.550 bits per heavy atom. The van der Waals surface area contributed by atoms with Crippen LogP contribution in [-0.2, 0) is 106 Å². The summed E-state index contributed by atoms with van der Waals surface area (Å²) in [6, 6.07) is 30.5. The molecule has 1 aromatic heterocycles. The number of nitrogens with one attached hydrogen (secondary N) is 8. The number of hydrogen-bond acceptors (Lipinski definition) is 22. The van der Waals surface area contributed by atoms with Crippen molar-refractivity contribution >= 4 is 116 Å². The van der Waals surface area contributed by atoms with Crippen molar-refractivity contribution in [1.82, 2.24) is 67.0 Å². The van der Waals surface area contributed by atoms with Gasteiger partial charge in [-0.15, -0.1) is 23.1 Å². The molecule has 33 nitrogen and oxygen atoms in total. The average Bonchev–Trinajstić information content (AvgIpc) is 1.61. The van der Waals surface area contributed by atoms with Gasteiger partial charge in [-0.2, -0.15) is 0 Å². The second-order valence-electron chi connectivity index (χ2n) is 33.4. The first-order valence-corrected chi connectivity index (χ1v) is 45.3. The molecule has 0 radical (unpaired) electrons. The molecule has 0 saturated carbocycles. The summed E-state index contributed by atoms with van der Waals surface area (Å²) in [5.41, 5.74) is 15.5. The van der Waals surface area contributed by atoms with Crippen LogP contribution in [0.25, 0.3) is 10.1 Å². The number of likely N-dealkylation sites (N-methyl/N-ethyl adjacent to an activating group) is 4. The number of nitrogens with zero attached hydrogens (tertiary/aromatic N) is 5. The molecule has 7 aromatic rings. The molecule has 0 bridgehead atoms. The molecule has 0 aliphatic carbocycles. The Morgan fingerprint density at radius 3 is 1.62 bits per heavy atom. The maximum absolute atomic E-state index is 15.4. The highest BCUT2D eigenvalue weighted by Crippen LogP contribution is 2.29. The second-order valence-corrected chi connectivity index (χ2v) is 35.3. The summed E-state index contributed by atoms with van der Waals surface area (Å²) in [6.45, 7) is 7.24. The highest BCUT2D eigenvalue weighted by Gasteiger charge is 2.44. The fraction of sp³-hybridized carbons (Fsp3) is 0.447. The Balaban J connectivity index is 1.02. The van der Waals surface area contributed by atoms with Gasteiger partial charge in [-0.25, -0.2) is 0 Å². The highest BCUT2D eigenvalue weighted by molar-refractivity contribution is 8.00. The van der Waals surface area contributed by atoms with Crippen LogP contribution in [0, 0.1) is 11.8 Å². The van der Waals surface area contributed by atoms with E-state index in [1.807, 2.05) is 42.6 Å². The van der Waals surface area contributed by atoms with Crippen molar-refractivity contribution in [3.8, 4) is 11.5 Å². The molecule has 13 atom stereocenters. The van der Waals surface area contributed by atoms with Crippen molar-refractivity contribution in [3.63, 3.8) is 0 Å². The number of phenols is 2. The molecule has 16 N–H and O–H groups in total. The van der Waals surface area contributed by atoms with Crippen molar-refractivity contribution < 1.29 is 87.5 Å². The van der Waals surface area contributed by atoms with Gasteiger partial charge in [0.05, 0.1) is 37.5 Å². The minimum atomic E-state index is -1.65. The van der Waals surface area contributed by atoms with Crippen LogP contribution in [0.2, 0.25) is 0 Å². The smallest absolute Gasteiger partial charge is 0.246 e. The summed E-state index contributed by atoms with van der Waals surface area (Å²) >= 11 is 2.24. The minimum Gasteiger partial charge on any atom is -0.508 e. The zero-order valence-electron chi connectivity index (χ0n) is 74.3. The van der Waals surface area contributed by atoms with Crippen LogP contribution >= 0.6 is 23.1 Å². The van der Waals surface area contributed by atoms with Gasteiger partial charge in [0.2, 0.25) is 76.8 Å². The third-order valence-corrected chi connectivity index (χ3v) is 24.7. The predicted octanol–water partition coefficient (Wildman–Crippen LogP) is 2.93. The van der Waals surface area contributed by atoms with Crippen LogP contribution < -0.4 is 54.0 Å². The van der Waals surface area contributed by atoms with Gasteiger partial charge >= 0.3 is 0 Å². The number of aromatic hydroxyl groups is 2. The van der Waals surface area contributed by atoms with E-state index in [1.54, 1.807) is 125 Å². The van der Waals surface area contributed by atoms with Crippen molar-refractivity contribution in [2.24, 2.45) is 23.3 Å². The molecule has 1 fully saturated rings.